The summed E-state index contributed by atoms with van der Waals surface area (Å²) < 4.78 is 13.1. The molecule has 3 fully saturated rings. The molecular weight excluding hydrogens is 470 g/mol. The maximum atomic E-state index is 13.4. The Hall–Kier alpha value is -3.43. The third-order valence-electron chi connectivity index (χ3n) is 8.10. The number of para-hydroxylation sites is 1. The second-order valence-electron chi connectivity index (χ2n) is 10.4. The van der Waals surface area contributed by atoms with Gasteiger partial charge >= 0.3 is 0 Å². The predicted molar refractivity (Wildman–Crippen MR) is 139 cm³/mol. The number of aromatic nitrogens is 2. The highest BCUT2D eigenvalue weighted by Gasteiger charge is 2.40. The van der Waals surface area contributed by atoms with Crippen LogP contribution in [-0.2, 0) is 16.1 Å². The second-order valence-corrected chi connectivity index (χ2v) is 10.4. The van der Waals surface area contributed by atoms with Gasteiger partial charge < -0.3 is 14.8 Å². The van der Waals surface area contributed by atoms with Gasteiger partial charge in [-0.05, 0) is 48.9 Å². The summed E-state index contributed by atoms with van der Waals surface area (Å²) in [6, 6.07) is 13.6. The Morgan fingerprint density at radius 2 is 2.05 bits per heavy atom. The molecule has 194 valence electrons. The van der Waals surface area contributed by atoms with Gasteiger partial charge in [0.1, 0.15) is 5.75 Å². The summed E-state index contributed by atoms with van der Waals surface area (Å²) in [4.78, 5) is 25.8. The molecule has 0 bridgehead atoms. The van der Waals surface area contributed by atoms with E-state index in [4.69, 9.17) is 14.6 Å². The van der Waals surface area contributed by atoms with E-state index >= 15 is 0 Å². The lowest BCUT2D eigenvalue weighted by molar-refractivity contribution is -0.133. The van der Waals surface area contributed by atoms with Gasteiger partial charge in [0.25, 0.3) is 5.91 Å². The van der Waals surface area contributed by atoms with Crippen molar-refractivity contribution in [2.45, 2.75) is 44.7 Å². The molecule has 37 heavy (non-hydrogen) atoms. The van der Waals surface area contributed by atoms with Gasteiger partial charge in [-0.3, -0.25) is 19.7 Å². The largest absolute Gasteiger partial charge is 0.495 e. The Morgan fingerprint density at radius 3 is 2.89 bits per heavy atom. The van der Waals surface area contributed by atoms with Crippen molar-refractivity contribution in [3.63, 3.8) is 0 Å². The van der Waals surface area contributed by atoms with E-state index < -0.39 is 0 Å². The van der Waals surface area contributed by atoms with Gasteiger partial charge in [0, 0.05) is 30.4 Å². The van der Waals surface area contributed by atoms with Crippen LogP contribution in [0.15, 0.2) is 42.5 Å². The van der Waals surface area contributed by atoms with Gasteiger partial charge in [0.05, 0.1) is 31.0 Å². The van der Waals surface area contributed by atoms with Crippen molar-refractivity contribution >= 4 is 28.4 Å². The van der Waals surface area contributed by atoms with Crippen LogP contribution in [0.1, 0.15) is 54.2 Å². The molecule has 3 heterocycles. The zero-order chi connectivity index (χ0) is 25.4. The number of methoxy groups -OCH3 is 1. The fourth-order valence-corrected chi connectivity index (χ4v) is 6.16. The molecule has 2 aliphatic heterocycles. The first-order valence-corrected chi connectivity index (χ1v) is 13.2. The molecule has 2 saturated heterocycles. The van der Waals surface area contributed by atoms with E-state index in [2.05, 4.69) is 16.2 Å². The van der Waals surface area contributed by atoms with E-state index in [0.29, 0.717) is 23.0 Å². The molecule has 4 unspecified atom stereocenters. The molecule has 3 N–H and O–H groups in total. The van der Waals surface area contributed by atoms with Crippen LogP contribution in [0.5, 0.6) is 5.75 Å². The summed E-state index contributed by atoms with van der Waals surface area (Å²) in [7, 11) is 1.60. The second kappa shape index (κ2) is 10.1. The number of hydrogen-bond acceptors (Lipinski definition) is 6. The minimum absolute atomic E-state index is 0.000797. The summed E-state index contributed by atoms with van der Waals surface area (Å²) in [6.45, 7) is 2.22. The molecule has 0 radical (unpaired) electrons. The normalized spacial score (nSPS) is 25.5. The van der Waals surface area contributed by atoms with Crippen molar-refractivity contribution in [1.29, 1.82) is 0 Å². The Morgan fingerprint density at radius 1 is 1.19 bits per heavy atom. The Bertz CT molecular complexity index is 1320. The maximum Gasteiger partial charge on any atom is 0.276 e. The van der Waals surface area contributed by atoms with Crippen LogP contribution in [-0.4, -0.2) is 41.9 Å². The van der Waals surface area contributed by atoms with Crippen molar-refractivity contribution < 1.29 is 19.1 Å². The van der Waals surface area contributed by atoms with E-state index in [9.17, 15) is 9.59 Å². The topological polar surface area (TPSA) is 107 Å². The van der Waals surface area contributed by atoms with Gasteiger partial charge in [-0.25, -0.2) is 5.43 Å². The van der Waals surface area contributed by atoms with Gasteiger partial charge in [-0.15, -0.1) is 0 Å². The number of nitrogens with zero attached hydrogens (tertiary/aromatic N) is 2. The van der Waals surface area contributed by atoms with Crippen LogP contribution in [0, 0.1) is 17.8 Å². The number of nitrogens with one attached hydrogen (secondary N) is 3. The van der Waals surface area contributed by atoms with Crippen LogP contribution in [0.4, 0.5) is 5.69 Å². The number of amides is 2. The quantitative estimate of drug-likeness (QED) is 0.472. The molecule has 2 amide bonds. The number of benzene rings is 2. The zero-order valence-electron chi connectivity index (χ0n) is 21.0. The summed E-state index contributed by atoms with van der Waals surface area (Å²) in [5, 5.41) is 8.54. The van der Waals surface area contributed by atoms with Crippen molar-refractivity contribution in [1.82, 2.24) is 20.6 Å². The Kier molecular flexibility index (Phi) is 6.56. The SMILES string of the molecule is COc1cc(C2NNC(=O)C3CCCCC32)ccc1NC(=O)c1nn(CC2CCOC2)c2ccccc12. The first-order chi connectivity index (χ1) is 18.1. The van der Waals surface area contributed by atoms with Gasteiger partial charge in [0.15, 0.2) is 5.69 Å². The van der Waals surface area contributed by atoms with Crippen LogP contribution < -0.4 is 20.9 Å². The summed E-state index contributed by atoms with van der Waals surface area (Å²) in [5.74, 6) is 1.05. The molecule has 1 aromatic heterocycles. The average Bonchev–Trinajstić information content (AvgIpc) is 3.58. The first-order valence-electron chi connectivity index (χ1n) is 13.2. The first kappa shape index (κ1) is 23.9. The fraction of sp³-hybridized carbons (Fsp3) is 0.464. The molecule has 9 heteroatoms. The van der Waals surface area contributed by atoms with Crippen molar-refractivity contribution in [2.24, 2.45) is 17.8 Å². The van der Waals surface area contributed by atoms with Crippen LogP contribution in [0.3, 0.4) is 0 Å². The highest BCUT2D eigenvalue weighted by atomic mass is 16.5. The monoisotopic (exact) mass is 503 g/mol. The number of fused-ring (bicyclic) bond motifs is 2. The van der Waals surface area contributed by atoms with E-state index in [-0.39, 0.29) is 29.7 Å². The smallest absolute Gasteiger partial charge is 0.276 e. The predicted octanol–water partition coefficient (Wildman–Crippen LogP) is 3.82. The van der Waals surface area contributed by atoms with Gasteiger partial charge in [-0.2, -0.15) is 5.10 Å². The highest BCUT2D eigenvalue weighted by Crippen LogP contribution is 2.42. The number of carbonyl (C=O) groups excluding carboxylic acids is 2. The third-order valence-corrected chi connectivity index (χ3v) is 8.10. The Labute approximate surface area is 215 Å². The van der Waals surface area contributed by atoms with Crippen LogP contribution >= 0.6 is 0 Å². The van der Waals surface area contributed by atoms with Gasteiger partial charge in [0.2, 0.25) is 5.91 Å². The van der Waals surface area contributed by atoms with Crippen molar-refractivity contribution in [2.75, 3.05) is 25.6 Å². The molecule has 1 aliphatic carbocycles. The maximum absolute atomic E-state index is 13.4. The number of hydrogen-bond donors (Lipinski definition) is 3. The zero-order valence-corrected chi connectivity index (χ0v) is 21.0. The lowest BCUT2D eigenvalue weighted by Gasteiger charge is -2.41. The molecule has 1 saturated carbocycles. The highest BCUT2D eigenvalue weighted by molar-refractivity contribution is 6.11. The lowest BCUT2D eigenvalue weighted by atomic mass is 9.72. The molecule has 4 atom stereocenters. The van der Waals surface area contributed by atoms with E-state index in [0.717, 1.165) is 68.3 Å². The summed E-state index contributed by atoms with van der Waals surface area (Å²) >= 11 is 0. The number of anilines is 1. The average molecular weight is 504 g/mol. The minimum atomic E-state index is -0.279. The molecule has 6 rings (SSSR count). The number of hydrazine groups is 1. The Balaban J connectivity index is 1.25. The standard InChI is InChI=1S/C28H33N5O4/c1-36-24-14-18(25-19-6-2-3-7-20(19)27(34)31-30-25)10-11-22(24)29-28(35)26-21-8-4-5-9-23(21)33(32-26)15-17-12-13-37-16-17/h4-5,8-11,14,17,19-20,25,30H,2-3,6-7,12-13,15-16H2,1H3,(H,29,35)(H,31,34). The molecule has 0 spiro atoms. The fourth-order valence-electron chi connectivity index (χ4n) is 6.16. The third kappa shape index (κ3) is 4.57. The van der Waals surface area contributed by atoms with E-state index in [1.807, 2.05) is 47.1 Å². The van der Waals surface area contributed by atoms with E-state index in [1.54, 1.807) is 7.11 Å². The van der Waals surface area contributed by atoms with E-state index in [1.165, 1.54) is 0 Å². The van der Waals surface area contributed by atoms with Crippen molar-refractivity contribution in [3.8, 4) is 5.75 Å². The van der Waals surface area contributed by atoms with Crippen molar-refractivity contribution in [3.05, 3.63) is 53.7 Å². The number of carbonyl (C=O) groups is 2. The van der Waals surface area contributed by atoms with Crippen LogP contribution in [0.2, 0.25) is 0 Å². The van der Waals surface area contributed by atoms with Crippen LogP contribution in [0.25, 0.3) is 10.9 Å². The minimum Gasteiger partial charge on any atom is -0.495 e. The molecule has 2 aromatic carbocycles. The molecular formula is C28H33N5O4. The molecule has 9 nitrogen and oxygen atoms in total. The van der Waals surface area contributed by atoms with Gasteiger partial charge in [-0.1, -0.05) is 37.1 Å². The summed E-state index contributed by atoms with van der Waals surface area (Å²) in [6.07, 6.45) is 5.16. The summed E-state index contributed by atoms with van der Waals surface area (Å²) in [5.41, 5.74) is 9.01. The number of rotatable bonds is 6. The molecule has 3 aromatic rings. The molecule has 3 aliphatic rings. The lowest BCUT2D eigenvalue weighted by Crippen LogP contribution is -2.55. The number of ether oxygens (including phenoxy) is 2.